The van der Waals surface area contributed by atoms with E-state index in [0.717, 1.165) is 11.0 Å². The standard InChI is InChI=1S/C17H15BrN2O/c18-17-14(9-8-13-5-1-2-7-16(13)17)12-20-10-4-3-6-15(20)11-19-21/h1-11,15,21H,12H2/b19-11-. The SMILES string of the molecule is O/N=C\C1C=CC=CN1Cc1ccc2ccccc2c1Br. The summed E-state index contributed by atoms with van der Waals surface area (Å²) in [5.74, 6) is 0. The lowest BCUT2D eigenvalue weighted by molar-refractivity contribution is 0.309. The Bertz CT molecular complexity index is 737. The predicted molar refractivity (Wildman–Crippen MR) is 89.5 cm³/mol. The largest absolute Gasteiger partial charge is 0.411 e. The number of halogens is 1. The van der Waals surface area contributed by atoms with Crippen LogP contribution in [0.3, 0.4) is 0 Å². The first kappa shape index (κ1) is 13.9. The summed E-state index contributed by atoms with van der Waals surface area (Å²) in [6, 6.07) is 12.5. The molecule has 1 unspecified atom stereocenters. The molecule has 0 saturated heterocycles. The Labute approximate surface area is 132 Å². The molecule has 0 saturated carbocycles. The van der Waals surface area contributed by atoms with Crippen molar-refractivity contribution in [2.45, 2.75) is 12.6 Å². The lowest BCUT2D eigenvalue weighted by atomic mass is 10.1. The fourth-order valence-electron chi connectivity index (χ4n) is 2.51. The summed E-state index contributed by atoms with van der Waals surface area (Å²) < 4.78 is 1.11. The first-order valence-electron chi connectivity index (χ1n) is 6.74. The molecule has 3 nitrogen and oxygen atoms in total. The molecule has 0 radical (unpaired) electrons. The number of benzene rings is 2. The van der Waals surface area contributed by atoms with E-state index in [2.05, 4.69) is 50.3 Å². The Morgan fingerprint density at radius 3 is 2.90 bits per heavy atom. The van der Waals surface area contributed by atoms with E-state index in [1.165, 1.54) is 22.6 Å². The van der Waals surface area contributed by atoms with Crippen molar-refractivity contribution in [1.82, 2.24) is 4.90 Å². The van der Waals surface area contributed by atoms with Crippen LogP contribution < -0.4 is 0 Å². The number of hydrogen-bond donors (Lipinski definition) is 1. The molecule has 2 aromatic rings. The molecule has 1 atom stereocenters. The molecule has 3 rings (SSSR count). The summed E-state index contributed by atoms with van der Waals surface area (Å²) in [6.07, 6.45) is 9.46. The van der Waals surface area contributed by atoms with Crippen molar-refractivity contribution in [3.05, 3.63) is 70.9 Å². The van der Waals surface area contributed by atoms with Gasteiger partial charge in [-0.3, -0.25) is 0 Å². The van der Waals surface area contributed by atoms with E-state index in [0.29, 0.717) is 0 Å². The summed E-state index contributed by atoms with van der Waals surface area (Å²) in [7, 11) is 0. The molecular weight excluding hydrogens is 328 g/mol. The van der Waals surface area contributed by atoms with Crippen LogP contribution in [-0.2, 0) is 6.54 Å². The van der Waals surface area contributed by atoms with Gasteiger partial charge in [-0.2, -0.15) is 0 Å². The van der Waals surface area contributed by atoms with Gasteiger partial charge in [0.05, 0.1) is 12.3 Å². The fourth-order valence-corrected chi connectivity index (χ4v) is 3.13. The number of allylic oxidation sites excluding steroid dienone is 2. The van der Waals surface area contributed by atoms with E-state index in [1.54, 1.807) is 0 Å². The molecule has 1 aliphatic heterocycles. The Morgan fingerprint density at radius 1 is 1.19 bits per heavy atom. The van der Waals surface area contributed by atoms with E-state index in [4.69, 9.17) is 5.21 Å². The Balaban J connectivity index is 1.92. The Kier molecular flexibility index (Phi) is 4.06. The van der Waals surface area contributed by atoms with Crippen LogP contribution in [0.15, 0.2) is 70.5 Å². The summed E-state index contributed by atoms with van der Waals surface area (Å²) in [5.41, 5.74) is 1.20. The molecule has 4 heteroatoms. The second-order valence-electron chi connectivity index (χ2n) is 4.91. The van der Waals surface area contributed by atoms with E-state index in [1.807, 2.05) is 36.6 Å². The first-order chi connectivity index (χ1) is 10.3. The zero-order valence-corrected chi connectivity index (χ0v) is 12.9. The third kappa shape index (κ3) is 2.85. The van der Waals surface area contributed by atoms with Crippen molar-refractivity contribution < 1.29 is 5.21 Å². The van der Waals surface area contributed by atoms with Crippen molar-refractivity contribution in [2.24, 2.45) is 5.16 Å². The normalized spacial score (nSPS) is 18.0. The maximum atomic E-state index is 8.77. The highest BCUT2D eigenvalue weighted by Crippen LogP contribution is 2.29. The second-order valence-corrected chi connectivity index (χ2v) is 5.71. The van der Waals surface area contributed by atoms with Crippen LogP contribution in [0.2, 0.25) is 0 Å². The van der Waals surface area contributed by atoms with Gasteiger partial charge in [-0.15, -0.1) is 0 Å². The van der Waals surface area contributed by atoms with E-state index in [9.17, 15) is 0 Å². The zero-order chi connectivity index (χ0) is 14.7. The molecule has 21 heavy (non-hydrogen) atoms. The van der Waals surface area contributed by atoms with Gasteiger partial charge in [0.2, 0.25) is 0 Å². The monoisotopic (exact) mass is 342 g/mol. The van der Waals surface area contributed by atoms with Gasteiger partial charge in [-0.25, -0.2) is 0 Å². The van der Waals surface area contributed by atoms with Crippen molar-refractivity contribution in [3.63, 3.8) is 0 Å². The first-order valence-corrected chi connectivity index (χ1v) is 7.53. The lowest BCUT2D eigenvalue weighted by Gasteiger charge is -2.28. The van der Waals surface area contributed by atoms with Crippen molar-refractivity contribution >= 4 is 32.9 Å². The van der Waals surface area contributed by atoms with Crippen LogP contribution in [0.5, 0.6) is 0 Å². The summed E-state index contributed by atoms with van der Waals surface area (Å²) >= 11 is 3.72. The third-order valence-corrected chi connectivity index (χ3v) is 4.53. The van der Waals surface area contributed by atoms with Crippen LogP contribution >= 0.6 is 15.9 Å². The number of nitrogens with zero attached hydrogens (tertiary/aromatic N) is 2. The molecule has 0 bridgehead atoms. The second kappa shape index (κ2) is 6.14. The number of rotatable bonds is 3. The molecule has 1 aliphatic rings. The predicted octanol–water partition coefficient (Wildman–Crippen LogP) is 4.32. The topological polar surface area (TPSA) is 35.8 Å². The molecule has 1 heterocycles. The fraction of sp³-hybridized carbons (Fsp3) is 0.118. The number of hydrogen-bond acceptors (Lipinski definition) is 3. The van der Waals surface area contributed by atoms with Crippen LogP contribution in [0.1, 0.15) is 5.56 Å². The maximum absolute atomic E-state index is 8.77. The highest BCUT2D eigenvalue weighted by atomic mass is 79.9. The van der Waals surface area contributed by atoms with E-state index in [-0.39, 0.29) is 6.04 Å². The summed E-state index contributed by atoms with van der Waals surface area (Å²) in [5, 5.41) is 14.4. The smallest absolute Gasteiger partial charge is 0.0862 e. The lowest BCUT2D eigenvalue weighted by Crippen LogP contribution is -2.31. The van der Waals surface area contributed by atoms with Gasteiger partial charge >= 0.3 is 0 Å². The van der Waals surface area contributed by atoms with Crippen LogP contribution in [0.25, 0.3) is 10.8 Å². The van der Waals surface area contributed by atoms with Gasteiger partial charge < -0.3 is 10.1 Å². The third-order valence-electron chi connectivity index (χ3n) is 3.60. The van der Waals surface area contributed by atoms with Gasteiger partial charge in [0.15, 0.2) is 0 Å². The minimum Gasteiger partial charge on any atom is -0.411 e. The van der Waals surface area contributed by atoms with Crippen LogP contribution in [-0.4, -0.2) is 22.4 Å². The summed E-state index contributed by atoms with van der Waals surface area (Å²) in [4.78, 5) is 2.12. The van der Waals surface area contributed by atoms with Gasteiger partial charge in [-0.05, 0) is 38.3 Å². The average molecular weight is 343 g/mol. The Morgan fingerprint density at radius 2 is 2.05 bits per heavy atom. The molecular formula is C17H15BrN2O. The Hall–Kier alpha value is -2.07. The maximum Gasteiger partial charge on any atom is 0.0862 e. The molecule has 0 aromatic heterocycles. The van der Waals surface area contributed by atoms with Crippen LogP contribution in [0, 0.1) is 0 Å². The molecule has 0 spiro atoms. The summed E-state index contributed by atoms with van der Waals surface area (Å²) in [6.45, 7) is 0.739. The highest BCUT2D eigenvalue weighted by Gasteiger charge is 2.15. The van der Waals surface area contributed by atoms with E-state index < -0.39 is 0 Å². The van der Waals surface area contributed by atoms with Gasteiger partial charge in [-0.1, -0.05) is 53.7 Å². The van der Waals surface area contributed by atoms with E-state index >= 15 is 0 Å². The quantitative estimate of drug-likeness (QED) is 0.512. The van der Waals surface area contributed by atoms with Gasteiger partial charge in [0.25, 0.3) is 0 Å². The van der Waals surface area contributed by atoms with Crippen molar-refractivity contribution in [1.29, 1.82) is 0 Å². The molecule has 106 valence electrons. The van der Waals surface area contributed by atoms with Crippen LogP contribution in [0.4, 0.5) is 0 Å². The van der Waals surface area contributed by atoms with Crippen molar-refractivity contribution in [2.75, 3.05) is 0 Å². The number of oxime groups is 1. The molecule has 0 amide bonds. The van der Waals surface area contributed by atoms with Gasteiger partial charge in [0, 0.05) is 17.2 Å². The van der Waals surface area contributed by atoms with Gasteiger partial charge in [0.1, 0.15) is 0 Å². The molecule has 2 aromatic carbocycles. The van der Waals surface area contributed by atoms with Crippen molar-refractivity contribution in [3.8, 4) is 0 Å². The minimum absolute atomic E-state index is 0.0293. The average Bonchev–Trinajstić information content (AvgIpc) is 2.52. The minimum atomic E-state index is -0.0293. The highest BCUT2D eigenvalue weighted by molar-refractivity contribution is 9.10. The molecule has 1 N–H and O–H groups in total. The molecule has 0 fully saturated rings. The zero-order valence-electron chi connectivity index (χ0n) is 11.4. The molecule has 0 aliphatic carbocycles. The number of fused-ring (bicyclic) bond motifs is 1.